The average Bonchev–Trinajstić information content (AvgIpc) is 2.50. The van der Waals surface area contributed by atoms with Crippen LogP contribution in [-0.4, -0.2) is 17.5 Å². The Bertz CT molecular complexity index is 736. The van der Waals surface area contributed by atoms with Gasteiger partial charge in [-0.05, 0) is 41.8 Å². The lowest BCUT2D eigenvalue weighted by molar-refractivity contribution is 0.206. The molecule has 0 unspecified atom stereocenters. The fraction of sp³-hybridized carbons (Fsp3) is 0.188. The summed E-state index contributed by atoms with van der Waals surface area (Å²) < 4.78 is 26.0. The maximum atomic E-state index is 13.2. The van der Waals surface area contributed by atoms with E-state index in [0.29, 0.717) is 24.5 Å². The summed E-state index contributed by atoms with van der Waals surface area (Å²) in [5, 5.41) is 3.26. The van der Waals surface area contributed by atoms with Gasteiger partial charge >= 0.3 is 6.03 Å². The van der Waals surface area contributed by atoms with Crippen molar-refractivity contribution in [2.45, 2.75) is 13.0 Å². The number of anilines is 1. The minimum absolute atomic E-state index is 0.228. The molecule has 0 saturated carbocycles. The van der Waals surface area contributed by atoms with Crippen LogP contribution in [0, 0.1) is 11.6 Å². The fourth-order valence-electron chi connectivity index (χ4n) is 2.47. The summed E-state index contributed by atoms with van der Waals surface area (Å²) in [4.78, 5) is 13.8. The van der Waals surface area contributed by atoms with Crippen molar-refractivity contribution in [1.29, 1.82) is 0 Å². The predicted molar refractivity (Wildman–Crippen MR) is 80.9 cm³/mol. The normalized spacial score (nSPS) is 13.7. The Balaban J connectivity index is 1.71. The number of amides is 2. The molecule has 0 saturated heterocycles. The highest BCUT2D eigenvalue weighted by molar-refractivity contribution is 6.30. The van der Waals surface area contributed by atoms with Crippen LogP contribution < -0.4 is 5.32 Å². The van der Waals surface area contributed by atoms with E-state index in [1.54, 1.807) is 11.0 Å². The first-order chi connectivity index (χ1) is 10.5. The van der Waals surface area contributed by atoms with Gasteiger partial charge in [-0.15, -0.1) is 0 Å². The lowest BCUT2D eigenvalue weighted by Crippen LogP contribution is -2.38. The number of halogens is 3. The summed E-state index contributed by atoms with van der Waals surface area (Å²) >= 11 is 5.95. The van der Waals surface area contributed by atoms with Crippen LogP contribution in [0.3, 0.4) is 0 Å². The number of hydrogen-bond acceptors (Lipinski definition) is 1. The molecule has 0 atom stereocenters. The Morgan fingerprint density at radius 1 is 1.09 bits per heavy atom. The molecular weight excluding hydrogens is 310 g/mol. The SMILES string of the molecule is O=C(Nc1ccc(F)c(F)c1)N1CCc2cc(Cl)ccc2C1. The molecule has 0 aromatic heterocycles. The molecule has 1 heterocycles. The van der Waals surface area contributed by atoms with Gasteiger partial charge in [-0.2, -0.15) is 0 Å². The maximum absolute atomic E-state index is 13.2. The molecule has 2 aromatic rings. The zero-order chi connectivity index (χ0) is 15.7. The van der Waals surface area contributed by atoms with E-state index in [1.807, 2.05) is 12.1 Å². The third kappa shape index (κ3) is 3.04. The predicted octanol–water partition coefficient (Wildman–Crippen LogP) is 4.21. The van der Waals surface area contributed by atoms with Crippen LogP contribution >= 0.6 is 11.6 Å². The second-order valence-electron chi connectivity index (χ2n) is 5.14. The van der Waals surface area contributed by atoms with Crippen molar-refractivity contribution < 1.29 is 13.6 Å². The van der Waals surface area contributed by atoms with Gasteiger partial charge in [0.25, 0.3) is 0 Å². The van der Waals surface area contributed by atoms with Crippen LogP contribution in [0.4, 0.5) is 19.3 Å². The van der Waals surface area contributed by atoms with E-state index in [1.165, 1.54) is 6.07 Å². The summed E-state index contributed by atoms with van der Waals surface area (Å²) in [6, 6.07) is 8.52. The smallest absolute Gasteiger partial charge is 0.320 e. The highest BCUT2D eigenvalue weighted by atomic mass is 35.5. The number of nitrogens with one attached hydrogen (secondary N) is 1. The van der Waals surface area contributed by atoms with Crippen molar-refractivity contribution in [2.24, 2.45) is 0 Å². The minimum Gasteiger partial charge on any atom is -0.320 e. The molecule has 0 spiro atoms. The molecule has 2 aromatic carbocycles. The Kier molecular flexibility index (Phi) is 3.98. The van der Waals surface area contributed by atoms with Crippen molar-refractivity contribution in [3.8, 4) is 0 Å². The van der Waals surface area contributed by atoms with Gasteiger partial charge < -0.3 is 10.2 Å². The first-order valence-corrected chi connectivity index (χ1v) is 7.19. The van der Waals surface area contributed by atoms with Crippen LogP contribution in [-0.2, 0) is 13.0 Å². The zero-order valence-corrected chi connectivity index (χ0v) is 12.3. The average molecular weight is 323 g/mol. The summed E-state index contributed by atoms with van der Waals surface area (Å²) in [7, 11) is 0. The van der Waals surface area contributed by atoms with Gasteiger partial charge in [0.1, 0.15) is 0 Å². The minimum atomic E-state index is -0.989. The molecule has 2 amide bonds. The van der Waals surface area contributed by atoms with Gasteiger partial charge in [-0.1, -0.05) is 17.7 Å². The molecule has 1 aliphatic rings. The Morgan fingerprint density at radius 3 is 2.68 bits per heavy atom. The highest BCUT2D eigenvalue weighted by Gasteiger charge is 2.21. The number of benzene rings is 2. The summed E-state index contributed by atoms with van der Waals surface area (Å²) in [5.74, 6) is -1.93. The standard InChI is InChI=1S/C16H13ClF2N2O/c17-12-2-1-11-9-21(6-5-10(11)7-12)16(22)20-13-3-4-14(18)15(19)8-13/h1-4,7-8H,5-6,9H2,(H,20,22). The topological polar surface area (TPSA) is 32.3 Å². The quantitative estimate of drug-likeness (QED) is 0.838. The lowest BCUT2D eigenvalue weighted by atomic mass is 10.0. The molecule has 1 N–H and O–H groups in total. The highest BCUT2D eigenvalue weighted by Crippen LogP contribution is 2.23. The molecule has 3 nitrogen and oxygen atoms in total. The van der Waals surface area contributed by atoms with Crippen molar-refractivity contribution in [2.75, 3.05) is 11.9 Å². The Hall–Kier alpha value is -2.14. The van der Waals surface area contributed by atoms with E-state index in [2.05, 4.69) is 5.32 Å². The number of fused-ring (bicyclic) bond motifs is 1. The van der Waals surface area contributed by atoms with Gasteiger partial charge in [0.05, 0.1) is 0 Å². The molecular formula is C16H13ClF2N2O. The van der Waals surface area contributed by atoms with Crippen LogP contribution in [0.15, 0.2) is 36.4 Å². The number of rotatable bonds is 1. The summed E-state index contributed by atoms with van der Waals surface area (Å²) in [6.07, 6.45) is 0.709. The first kappa shape index (κ1) is 14.8. The fourth-order valence-corrected chi connectivity index (χ4v) is 2.67. The number of carbonyl (C=O) groups excluding carboxylic acids is 1. The van der Waals surface area contributed by atoms with Crippen molar-refractivity contribution in [1.82, 2.24) is 4.90 Å². The number of nitrogens with zero attached hydrogens (tertiary/aromatic N) is 1. The van der Waals surface area contributed by atoms with Crippen LogP contribution in [0.2, 0.25) is 5.02 Å². The van der Waals surface area contributed by atoms with Crippen molar-refractivity contribution in [3.05, 3.63) is 64.2 Å². The Morgan fingerprint density at radius 2 is 1.91 bits per heavy atom. The maximum Gasteiger partial charge on any atom is 0.322 e. The third-order valence-electron chi connectivity index (χ3n) is 3.64. The molecule has 114 valence electrons. The molecule has 22 heavy (non-hydrogen) atoms. The number of carbonyl (C=O) groups is 1. The summed E-state index contributed by atoms with van der Waals surface area (Å²) in [6.45, 7) is 1.00. The van der Waals surface area contributed by atoms with Gasteiger partial charge in [0, 0.05) is 29.9 Å². The Labute approximate surface area is 131 Å². The second kappa shape index (κ2) is 5.93. The molecule has 1 aliphatic heterocycles. The van der Waals surface area contributed by atoms with Crippen LogP contribution in [0.25, 0.3) is 0 Å². The van der Waals surface area contributed by atoms with Crippen LogP contribution in [0.1, 0.15) is 11.1 Å². The molecule has 0 bridgehead atoms. The van der Waals surface area contributed by atoms with Gasteiger partial charge in [0.2, 0.25) is 0 Å². The van der Waals surface area contributed by atoms with E-state index in [4.69, 9.17) is 11.6 Å². The number of hydrogen-bond donors (Lipinski definition) is 1. The molecule has 0 fully saturated rings. The molecule has 3 rings (SSSR count). The first-order valence-electron chi connectivity index (χ1n) is 6.81. The lowest BCUT2D eigenvalue weighted by Gasteiger charge is -2.29. The molecule has 6 heteroatoms. The number of urea groups is 1. The van der Waals surface area contributed by atoms with E-state index >= 15 is 0 Å². The monoisotopic (exact) mass is 322 g/mol. The van der Waals surface area contributed by atoms with Gasteiger partial charge in [-0.3, -0.25) is 0 Å². The van der Waals surface area contributed by atoms with Gasteiger partial charge in [0.15, 0.2) is 11.6 Å². The van der Waals surface area contributed by atoms with E-state index in [0.717, 1.165) is 23.3 Å². The largest absolute Gasteiger partial charge is 0.322 e. The van der Waals surface area contributed by atoms with Crippen LogP contribution in [0.5, 0.6) is 0 Å². The third-order valence-corrected chi connectivity index (χ3v) is 3.87. The van der Waals surface area contributed by atoms with Crippen molar-refractivity contribution in [3.63, 3.8) is 0 Å². The molecule has 0 radical (unpaired) electrons. The van der Waals surface area contributed by atoms with Gasteiger partial charge in [-0.25, -0.2) is 13.6 Å². The van der Waals surface area contributed by atoms with E-state index < -0.39 is 11.6 Å². The second-order valence-corrected chi connectivity index (χ2v) is 5.58. The van der Waals surface area contributed by atoms with Crippen molar-refractivity contribution >= 4 is 23.3 Å². The molecule has 0 aliphatic carbocycles. The zero-order valence-electron chi connectivity index (χ0n) is 11.6. The summed E-state index contributed by atoms with van der Waals surface area (Å²) in [5.41, 5.74) is 2.39. The van der Waals surface area contributed by atoms with E-state index in [-0.39, 0.29) is 11.7 Å². The van der Waals surface area contributed by atoms with E-state index in [9.17, 15) is 13.6 Å².